The van der Waals surface area contributed by atoms with Crippen LogP contribution in [-0.2, 0) is 9.22 Å². The van der Waals surface area contributed by atoms with Crippen LogP contribution in [0.1, 0.15) is 44.0 Å². The summed E-state index contributed by atoms with van der Waals surface area (Å²) in [6.07, 6.45) is -6.19. The molecule has 2 aromatic carbocycles. The van der Waals surface area contributed by atoms with Crippen LogP contribution >= 0.6 is 23.2 Å². The molecule has 0 saturated heterocycles. The van der Waals surface area contributed by atoms with Gasteiger partial charge in [-0.15, -0.1) is 0 Å². The van der Waals surface area contributed by atoms with E-state index < -0.39 is 38.3 Å². The quantitative estimate of drug-likeness (QED) is 0.298. The maximum absolute atomic E-state index is 13.6. The van der Waals surface area contributed by atoms with Crippen molar-refractivity contribution in [3.05, 3.63) is 69.7 Å². The number of hydrogen-bond donors (Lipinski definition) is 1. The van der Waals surface area contributed by atoms with E-state index >= 15 is 0 Å². The van der Waals surface area contributed by atoms with Crippen LogP contribution < -0.4 is 0 Å². The van der Waals surface area contributed by atoms with E-state index in [1.807, 2.05) is 33.9 Å². The highest BCUT2D eigenvalue weighted by atomic mass is 35.5. The fourth-order valence-electron chi connectivity index (χ4n) is 2.86. The minimum absolute atomic E-state index is 0.280. The van der Waals surface area contributed by atoms with Crippen molar-refractivity contribution in [2.45, 2.75) is 57.2 Å². The molecule has 180 valence electrons. The van der Waals surface area contributed by atoms with Crippen molar-refractivity contribution < 1.29 is 27.5 Å². The van der Waals surface area contributed by atoms with E-state index in [9.17, 15) is 23.1 Å². The molecule has 0 fully saturated rings. The molecule has 4 nitrogen and oxygen atoms in total. The number of halogens is 5. The first-order chi connectivity index (χ1) is 15.0. The Hall–Kier alpha value is -1.87. The Morgan fingerprint density at radius 1 is 1.00 bits per heavy atom. The largest absolute Gasteiger partial charge is 0.477 e. The summed E-state index contributed by atoms with van der Waals surface area (Å²) in [4.78, 5) is 15.2. The zero-order valence-corrected chi connectivity index (χ0v) is 21.4. The van der Waals surface area contributed by atoms with Crippen molar-refractivity contribution in [2.75, 3.05) is 0 Å². The lowest BCUT2D eigenvalue weighted by atomic mass is 9.96. The number of benzene rings is 2. The summed E-state index contributed by atoms with van der Waals surface area (Å²) in [5.41, 5.74) is -1.10. The van der Waals surface area contributed by atoms with Gasteiger partial charge in [-0.1, -0.05) is 68.2 Å². The molecule has 2 rings (SSSR count). The molecule has 0 aliphatic carbocycles. The van der Waals surface area contributed by atoms with Crippen LogP contribution in [0.5, 0.6) is 0 Å². The van der Waals surface area contributed by atoms with Crippen LogP contribution in [0.3, 0.4) is 0 Å². The standard InChI is InChI=1S/C23H26Cl2F3NO3Si/c1-22(2,3)33(4,5)32-19(15-7-6-8-17(25)13-15)18(14-9-11-16(24)12-10-14)29-20(21(30)31)23(26,27)28/h6-13,18-19H,1-5H3,(H,30,31)/t18-,19-/m1/s1. The lowest BCUT2D eigenvalue weighted by molar-refractivity contribution is -0.133. The maximum atomic E-state index is 13.6. The summed E-state index contributed by atoms with van der Waals surface area (Å²) in [5, 5.41) is 9.74. The fraction of sp³-hybridized carbons (Fsp3) is 0.391. The summed E-state index contributed by atoms with van der Waals surface area (Å²) in [6, 6.07) is 11.3. The van der Waals surface area contributed by atoms with E-state index in [1.165, 1.54) is 24.3 Å². The first kappa shape index (κ1) is 27.4. The lowest BCUT2D eigenvalue weighted by Crippen LogP contribution is -2.43. The van der Waals surface area contributed by atoms with Gasteiger partial charge >= 0.3 is 12.1 Å². The molecule has 0 aliphatic rings. The Morgan fingerprint density at radius 2 is 1.58 bits per heavy atom. The molecule has 0 amide bonds. The van der Waals surface area contributed by atoms with Crippen molar-refractivity contribution in [2.24, 2.45) is 4.99 Å². The first-order valence-corrected chi connectivity index (χ1v) is 13.8. The number of carboxylic acids is 1. The van der Waals surface area contributed by atoms with Gasteiger partial charge in [0.1, 0.15) is 6.04 Å². The minimum Gasteiger partial charge on any atom is -0.477 e. The number of nitrogens with zero attached hydrogens (tertiary/aromatic N) is 1. The molecular formula is C23H26Cl2F3NO3Si. The van der Waals surface area contributed by atoms with Crippen molar-refractivity contribution >= 4 is 43.2 Å². The van der Waals surface area contributed by atoms with E-state index in [-0.39, 0.29) is 5.04 Å². The van der Waals surface area contributed by atoms with Crippen LogP contribution in [0.15, 0.2) is 53.5 Å². The molecule has 0 spiro atoms. The first-order valence-electron chi connectivity index (χ1n) is 10.1. The third kappa shape index (κ3) is 7.05. The highest BCUT2D eigenvalue weighted by molar-refractivity contribution is 6.74. The summed E-state index contributed by atoms with van der Waals surface area (Å²) in [5.74, 6) is -2.17. The van der Waals surface area contributed by atoms with Crippen LogP contribution in [0.4, 0.5) is 13.2 Å². The van der Waals surface area contributed by atoms with Crippen molar-refractivity contribution in [3.63, 3.8) is 0 Å². The third-order valence-electron chi connectivity index (χ3n) is 5.64. The van der Waals surface area contributed by atoms with Gasteiger partial charge in [0.15, 0.2) is 8.32 Å². The zero-order chi connectivity index (χ0) is 25.2. The summed E-state index contributed by atoms with van der Waals surface area (Å²) in [6.45, 7) is 9.89. The van der Waals surface area contributed by atoms with Crippen LogP contribution in [0.25, 0.3) is 0 Å². The highest BCUT2D eigenvalue weighted by Crippen LogP contribution is 2.45. The predicted octanol–water partition coefficient (Wildman–Crippen LogP) is 7.89. The topological polar surface area (TPSA) is 58.9 Å². The van der Waals surface area contributed by atoms with Gasteiger partial charge in [0.2, 0.25) is 5.71 Å². The Bertz CT molecular complexity index is 1020. The molecule has 0 radical (unpaired) electrons. The number of aliphatic carboxylic acids is 1. The van der Waals surface area contributed by atoms with Crippen molar-refractivity contribution in [1.29, 1.82) is 0 Å². The molecule has 33 heavy (non-hydrogen) atoms. The molecule has 2 aromatic rings. The third-order valence-corrected chi connectivity index (χ3v) is 10.6. The van der Waals surface area contributed by atoms with E-state index in [4.69, 9.17) is 27.6 Å². The molecule has 2 atom stereocenters. The van der Waals surface area contributed by atoms with Gasteiger partial charge in [-0.3, -0.25) is 4.99 Å². The van der Waals surface area contributed by atoms with E-state index in [0.29, 0.717) is 21.2 Å². The molecule has 0 aromatic heterocycles. The number of carboxylic acid groups (broad SMARTS) is 1. The van der Waals surface area contributed by atoms with Crippen LogP contribution in [0.2, 0.25) is 28.2 Å². The van der Waals surface area contributed by atoms with Gasteiger partial charge in [-0.25, -0.2) is 4.79 Å². The molecule has 1 N–H and O–H groups in total. The van der Waals surface area contributed by atoms with Gasteiger partial charge in [-0.05, 0) is 53.5 Å². The fourth-order valence-corrected chi connectivity index (χ4v) is 4.44. The SMILES string of the molecule is CC(C)(C)[Si](C)(C)O[C@H](c1cccc(Cl)c1)[C@H](N=C(C(=O)O)C(F)(F)F)c1ccc(Cl)cc1. The number of aliphatic imine (C=N–C) groups is 1. The van der Waals surface area contributed by atoms with Gasteiger partial charge in [0, 0.05) is 10.0 Å². The second-order valence-corrected chi connectivity index (χ2v) is 14.8. The zero-order valence-electron chi connectivity index (χ0n) is 18.9. The summed E-state index contributed by atoms with van der Waals surface area (Å²) in [7, 11) is -2.57. The maximum Gasteiger partial charge on any atom is 0.440 e. The second kappa shape index (κ2) is 10.2. The number of rotatable bonds is 7. The minimum atomic E-state index is -5.16. The Kier molecular flexibility index (Phi) is 8.44. The average Bonchev–Trinajstić information content (AvgIpc) is 2.66. The van der Waals surface area contributed by atoms with Gasteiger partial charge in [-0.2, -0.15) is 13.2 Å². The summed E-state index contributed by atoms with van der Waals surface area (Å²) >= 11 is 12.2. The Morgan fingerprint density at radius 3 is 2.03 bits per heavy atom. The van der Waals surface area contributed by atoms with Crippen LogP contribution in [-0.4, -0.2) is 31.3 Å². The van der Waals surface area contributed by atoms with Gasteiger partial charge < -0.3 is 9.53 Å². The smallest absolute Gasteiger partial charge is 0.440 e. The van der Waals surface area contributed by atoms with E-state index in [0.717, 1.165) is 0 Å². The number of carbonyl (C=O) groups is 1. The lowest BCUT2D eigenvalue weighted by Gasteiger charge is -2.41. The Balaban J connectivity index is 2.81. The Labute approximate surface area is 202 Å². The average molecular weight is 520 g/mol. The molecule has 0 bridgehead atoms. The molecule has 0 heterocycles. The van der Waals surface area contributed by atoms with E-state index in [1.54, 1.807) is 24.3 Å². The normalized spacial score (nSPS) is 15.3. The van der Waals surface area contributed by atoms with Gasteiger partial charge in [0.05, 0.1) is 6.10 Å². The molecule has 0 aliphatic heterocycles. The highest BCUT2D eigenvalue weighted by Gasteiger charge is 2.45. The molecular weight excluding hydrogens is 494 g/mol. The summed E-state index contributed by atoms with van der Waals surface area (Å²) < 4.78 is 47.3. The van der Waals surface area contributed by atoms with E-state index in [2.05, 4.69) is 4.99 Å². The van der Waals surface area contributed by atoms with Crippen molar-refractivity contribution in [3.8, 4) is 0 Å². The number of alkyl halides is 3. The molecule has 10 heteroatoms. The van der Waals surface area contributed by atoms with Crippen LogP contribution in [0, 0.1) is 0 Å². The predicted molar refractivity (Wildman–Crippen MR) is 128 cm³/mol. The molecule has 0 unspecified atom stereocenters. The molecule has 0 saturated carbocycles. The monoisotopic (exact) mass is 519 g/mol. The second-order valence-electron chi connectivity index (χ2n) is 9.13. The van der Waals surface area contributed by atoms with Gasteiger partial charge in [0.25, 0.3) is 0 Å². The number of hydrogen-bond acceptors (Lipinski definition) is 3. The van der Waals surface area contributed by atoms with Crippen molar-refractivity contribution in [1.82, 2.24) is 0 Å².